The average Bonchev–Trinajstić information content (AvgIpc) is 2.43. The molecular weight excluding hydrogens is 486 g/mol. The van der Waals surface area contributed by atoms with Gasteiger partial charge in [-0.3, -0.25) is 0 Å². The van der Waals surface area contributed by atoms with E-state index in [1.807, 2.05) is 0 Å². The van der Waals surface area contributed by atoms with Gasteiger partial charge in [-0.2, -0.15) is 74.6 Å². The summed E-state index contributed by atoms with van der Waals surface area (Å²) in [5, 5.41) is 9.56. The molecule has 0 aliphatic rings. The summed E-state index contributed by atoms with van der Waals surface area (Å²) in [5.74, 6) is -51.3. The minimum Gasteiger partial charge on any atom is -0.485 e. The van der Waals surface area contributed by atoms with Crippen LogP contribution in [0.25, 0.3) is 0 Å². The smallest absolute Gasteiger partial charge is 0.485 e. The molecule has 0 rings (SSSR count). The zero-order chi connectivity index (χ0) is 24.3. The van der Waals surface area contributed by atoms with E-state index < -0.39 is 54.0 Å². The van der Waals surface area contributed by atoms with Gasteiger partial charge >= 0.3 is 66.7 Å². The van der Waals surface area contributed by atoms with Gasteiger partial charge in [0.25, 0.3) is 6.16 Å². The molecule has 30 heavy (non-hydrogen) atoms. The quantitative estimate of drug-likeness (QED) is 0.310. The van der Waals surface area contributed by atoms with Crippen LogP contribution in [0.2, 0.25) is 0 Å². The Morgan fingerprint density at radius 2 is 0.733 bits per heavy atom. The van der Waals surface area contributed by atoms with Crippen LogP contribution in [-0.4, -0.2) is 54.0 Å². The summed E-state index contributed by atoms with van der Waals surface area (Å²) in [6.45, 7) is 0. The molecule has 174 valence electrons. The van der Waals surface area contributed by atoms with Crippen molar-refractivity contribution in [1.29, 1.82) is 0 Å². The van der Waals surface area contributed by atoms with E-state index in [9.17, 15) is 84.5 Å². The van der Waals surface area contributed by atoms with Gasteiger partial charge in [-0.15, -0.1) is 0 Å². The number of ether oxygens (including phenoxy) is 1. The van der Waals surface area contributed by atoms with Crippen molar-refractivity contribution in [3.05, 3.63) is 0 Å². The molecule has 0 unspecified atom stereocenters. The molecule has 0 aliphatic carbocycles. The number of halogens is 17. The van der Waals surface area contributed by atoms with Crippen LogP contribution in [0, 0.1) is 0 Å². The van der Waals surface area contributed by atoms with E-state index in [-0.39, 0.29) is 18.9 Å². The first-order valence-corrected chi connectivity index (χ1v) is 5.78. The Kier molecular flexibility index (Phi) is 7.89. The zero-order valence-corrected chi connectivity index (χ0v) is 13.2. The van der Waals surface area contributed by atoms with Crippen LogP contribution < -0.4 is 24.0 Å². The normalized spacial score (nSPS) is 15.5. The van der Waals surface area contributed by atoms with Gasteiger partial charge < -0.3 is 14.6 Å². The van der Waals surface area contributed by atoms with Crippen molar-refractivity contribution < 1.29 is 108 Å². The minimum atomic E-state index is -8.79. The molecule has 21 heteroatoms. The monoisotopic (exact) mass is 486 g/mol. The summed E-state index contributed by atoms with van der Waals surface area (Å²) in [6, 6.07) is 0. The van der Waals surface area contributed by atoms with Gasteiger partial charge in [0.15, 0.2) is 0 Å². The topological polar surface area (TPSA) is 49.4 Å². The van der Waals surface area contributed by atoms with Gasteiger partial charge in [0.2, 0.25) is 0 Å². The van der Waals surface area contributed by atoms with E-state index in [0.717, 1.165) is 0 Å². The molecule has 0 bridgehead atoms. The predicted molar refractivity (Wildman–Crippen MR) is 47.2 cm³/mol. The second-order valence-electron chi connectivity index (χ2n) is 4.81. The molecule has 0 aromatic heterocycles. The first kappa shape index (κ1) is 30.9. The number of carboxylic acid groups (broad SMARTS) is 1. The summed E-state index contributed by atoms with van der Waals surface area (Å²) >= 11 is 0. The van der Waals surface area contributed by atoms with Gasteiger partial charge in [0.05, 0.1) is 0 Å². The number of carbonyl (C=O) groups excluding carboxylic acids is 1. The SMILES string of the molecule is O=C([O-])OC(F)(F)C(F)(F)C(F)(F)C(F)(F)C(F)(F)C(F)(F)C(F)(F)C(F)(F)F.[Li+]. The second kappa shape index (κ2) is 7.67. The van der Waals surface area contributed by atoms with Crippen LogP contribution in [0.3, 0.4) is 0 Å². The molecule has 0 N–H and O–H groups in total. The van der Waals surface area contributed by atoms with Crippen molar-refractivity contribution in [2.24, 2.45) is 0 Å². The van der Waals surface area contributed by atoms with Crippen LogP contribution in [0.4, 0.5) is 79.4 Å². The Balaban J connectivity index is 0. The molecule has 0 aliphatic heterocycles. The van der Waals surface area contributed by atoms with E-state index >= 15 is 0 Å². The average molecular weight is 486 g/mol. The van der Waals surface area contributed by atoms with Gasteiger partial charge in [-0.1, -0.05) is 0 Å². The fourth-order valence-electron chi connectivity index (χ4n) is 1.32. The van der Waals surface area contributed by atoms with Crippen molar-refractivity contribution in [2.75, 3.05) is 0 Å². The van der Waals surface area contributed by atoms with Gasteiger partial charge in [-0.05, 0) is 0 Å². The van der Waals surface area contributed by atoms with Crippen molar-refractivity contribution in [3.63, 3.8) is 0 Å². The second-order valence-corrected chi connectivity index (χ2v) is 4.81. The third kappa shape index (κ3) is 3.96. The maximum atomic E-state index is 13.0. The maximum absolute atomic E-state index is 13.0. The molecule has 0 aromatic carbocycles. The molecule has 0 spiro atoms. The number of alkyl halides is 17. The van der Waals surface area contributed by atoms with Crippen LogP contribution in [0.5, 0.6) is 0 Å². The summed E-state index contributed by atoms with van der Waals surface area (Å²) in [5.41, 5.74) is 0. The van der Waals surface area contributed by atoms with Gasteiger partial charge in [0.1, 0.15) is 0 Å². The molecule has 0 radical (unpaired) electrons. The van der Waals surface area contributed by atoms with Gasteiger partial charge in [0, 0.05) is 0 Å². The Bertz CT molecular complexity index is 639. The fraction of sp³-hybridized carbons (Fsp3) is 0.889. The van der Waals surface area contributed by atoms with Crippen molar-refractivity contribution in [2.45, 2.75) is 47.8 Å². The Morgan fingerprint density at radius 1 is 0.500 bits per heavy atom. The van der Waals surface area contributed by atoms with Crippen LogP contribution >= 0.6 is 0 Å². The maximum Gasteiger partial charge on any atom is 1.00 e. The van der Waals surface area contributed by atoms with E-state index in [1.54, 1.807) is 4.74 Å². The first-order valence-electron chi connectivity index (χ1n) is 5.78. The van der Waals surface area contributed by atoms with Crippen molar-refractivity contribution in [3.8, 4) is 0 Å². The van der Waals surface area contributed by atoms with Crippen LogP contribution in [-0.2, 0) is 4.74 Å². The van der Waals surface area contributed by atoms with Crippen molar-refractivity contribution in [1.82, 2.24) is 0 Å². The van der Waals surface area contributed by atoms with E-state index in [1.165, 1.54) is 0 Å². The zero-order valence-electron chi connectivity index (χ0n) is 13.2. The summed E-state index contributed by atoms with van der Waals surface area (Å²) < 4.78 is 217. The molecular formula is C9F17LiO3. The fourth-order valence-corrected chi connectivity index (χ4v) is 1.32. The molecule has 0 aromatic rings. The Labute approximate surface area is 163 Å². The molecule has 0 atom stereocenters. The minimum absolute atomic E-state index is 0. The largest absolute Gasteiger partial charge is 1.00 e. The van der Waals surface area contributed by atoms with Gasteiger partial charge in [-0.25, -0.2) is 0 Å². The standard InChI is InChI=1S/C9HF17O3.Li/c10-2(11,4(14,15)6(18,19)8(22,23)24)3(12,13)5(16,17)7(20,21)9(25,26)29-1(27)28;/h(H,27,28);/q;+1/p-1. The summed E-state index contributed by atoms with van der Waals surface area (Å²) in [7, 11) is 0. The Hall–Kier alpha value is -1.32. The van der Waals surface area contributed by atoms with E-state index in [0.29, 0.717) is 0 Å². The molecule has 3 nitrogen and oxygen atoms in total. The molecule has 0 saturated heterocycles. The third-order valence-corrected chi connectivity index (χ3v) is 2.90. The molecule has 0 amide bonds. The third-order valence-electron chi connectivity index (χ3n) is 2.90. The van der Waals surface area contributed by atoms with Crippen molar-refractivity contribution >= 4 is 6.16 Å². The number of hydrogen-bond donors (Lipinski definition) is 0. The molecule has 0 heterocycles. The molecule has 0 saturated carbocycles. The number of carbonyl (C=O) groups is 1. The number of rotatable bonds is 7. The van der Waals surface area contributed by atoms with Crippen LogP contribution in [0.1, 0.15) is 0 Å². The van der Waals surface area contributed by atoms with E-state index in [4.69, 9.17) is 0 Å². The number of hydrogen-bond acceptors (Lipinski definition) is 3. The summed E-state index contributed by atoms with van der Waals surface area (Å²) in [6.07, 6.45) is -19.2. The Morgan fingerprint density at radius 3 is 0.967 bits per heavy atom. The molecule has 0 fully saturated rings. The van der Waals surface area contributed by atoms with Crippen LogP contribution in [0.15, 0.2) is 0 Å². The predicted octanol–water partition coefficient (Wildman–Crippen LogP) is 1.32. The van der Waals surface area contributed by atoms with E-state index in [2.05, 4.69) is 0 Å². The summed E-state index contributed by atoms with van der Waals surface area (Å²) in [4.78, 5) is 9.56. The first-order chi connectivity index (χ1) is 12.2.